The van der Waals surface area contributed by atoms with Gasteiger partial charge in [0.25, 0.3) is 5.91 Å². The maximum Gasteiger partial charge on any atom is 0.265 e. The molecule has 5 nitrogen and oxygen atoms in total. The van der Waals surface area contributed by atoms with Gasteiger partial charge in [0.2, 0.25) is 5.91 Å². The van der Waals surface area contributed by atoms with Crippen molar-refractivity contribution in [2.24, 2.45) is 0 Å². The molecule has 0 fully saturated rings. The van der Waals surface area contributed by atoms with E-state index in [4.69, 9.17) is 4.74 Å². The third kappa shape index (κ3) is 4.00. The molecule has 0 bridgehead atoms. The number of hydrogen-bond donors (Lipinski definition) is 1. The predicted octanol–water partition coefficient (Wildman–Crippen LogP) is 3.34. The van der Waals surface area contributed by atoms with E-state index in [1.807, 2.05) is 25.1 Å². The quantitative estimate of drug-likeness (QED) is 0.786. The first-order valence-corrected chi connectivity index (χ1v) is 8.02. The van der Waals surface area contributed by atoms with E-state index < -0.39 is 0 Å². The van der Waals surface area contributed by atoms with Crippen LogP contribution in [0.2, 0.25) is 0 Å². The number of nitrogens with one attached hydrogen (secondary N) is 1. The number of fused-ring (bicyclic) bond motifs is 1. The minimum Gasteiger partial charge on any atom is -0.482 e. The molecule has 120 valence electrons. The van der Waals surface area contributed by atoms with Crippen LogP contribution in [0, 0.1) is 0 Å². The Morgan fingerprint density at radius 2 is 2.09 bits per heavy atom. The van der Waals surface area contributed by atoms with Crippen molar-refractivity contribution in [2.75, 3.05) is 23.4 Å². The summed E-state index contributed by atoms with van der Waals surface area (Å²) in [6.45, 7) is 4.88. The minimum absolute atomic E-state index is 0.0111. The summed E-state index contributed by atoms with van der Waals surface area (Å²) in [6, 6.07) is 5.45. The number of unbranched alkanes of at least 4 members (excludes halogenated alkanes) is 2. The van der Waals surface area contributed by atoms with Crippen LogP contribution in [0.4, 0.5) is 11.4 Å². The average molecular weight is 304 g/mol. The lowest BCUT2D eigenvalue weighted by Gasteiger charge is -2.29. The fraction of sp³-hybridized carbons (Fsp3) is 0.529. The Morgan fingerprint density at radius 3 is 2.82 bits per heavy atom. The Bertz CT molecular complexity index is 543. The molecule has 0 atom stereocenters. The summed E-state index contributed by atoms with van der Waals surface area (Å²) in [5.41, 5.74) is 1.46. The lowest BCUT2D eigenvalue weighted by molar-refractivity contribution is -0.121. The molecule has 1 aliphatic heterocycles. The van der Waals surface area contributed by atoms with Crippen molar-refractivity contribution in [2.45, 2.75) is 46.0 Å². The Morgan fingerprint density at radius 1 is 1.27 bits per heavy atom. The summed E-state index contributed by atoms with van der Waals surface area (Å²) in [4.78, 5) is 25.6. The monoisotopic (exact) mass is 304 g/mol. The third-order valence-electron chi connectivity index (χ3n) is 3.65. The van der Waals surface area contributed by atoms with Gasteiger partial charge in [-0.05, 0) is 31.0 Å². The van der Waals surface area contributed by atoms with Crippen LogP contribution in [0.15, 0.2) is 18.2 Å². The number of carbonyl (C=O) groups is 2. The molecule has 1 aromatic rings. The van der Waals surface area contributed by atoms with Crippen LogP contribution in [0.5, 0.6) is 5.75 Å². The van der Waals surface area contributed by atoms with Crippen LogP contribution in [0.1, 0.15) is 46.0 Å². The Labute approximate surface area is 131 Å². The Balaban J connectivity index is 2.16. The number of hydrogen-bond acceptors (Lipinski definition) is 3. The highest BCUT2D eigenvalue weighted by Crippen LogP contribution is 2.34. The zero-order valence-corrected chi connectivity index (χ0v) is 13.4. The first kappa shape index (κ1) is 16.3. The van der Waals surface area contributed by atoms with Gasteiger partial charge in [0.1, 0.15) is 5.75 Å². The van der Waals surface area contributed by atoms with Crippen molar-refractivity contribution < 1.29 is 14.3 Å². The molecule has 0 aromatic heterocycles. The van der Waals surface area contributed by atoms with Crippen molar-refractivity contribution in [1.29, 1.82) is 0 Å². The Hall–Kier alpha value is -2.04. The van der Waals surface area contributed by atoms with Gasteiger partial charge in [0.15, 0.2) is 6.61 Å². The highest BCUT2D eigenvalue weighted by atomic mass is 16.5. The van der Waals surface area contributed by atoms with Gasteiger partial charge in [0, 0.05) is 18.7 Å². The number of rotatable bonds is 7. The maximum absolute atomic E-state index is 12.1. The van der Waals surface area contributed by atoms with Gasteiger partial charge in [-0.25, -0.2) is 0 Å². The first-order chi connectivity index (χ1) is 10.7. The van der Waals surface area contributed by atoms with Crippen molar-refractivity contribution in [3.05, 3.63) is 18.2 Å². The van der Waals surface area contributed by atoms with Crippen LogP contribution in [-0.2, 0) is 9.59 Å². The molecule has 0 spiro atoms. The van der Waals surface area contributed by atoms with E-state index in [0.29, 0.717) is 24.4 Å². The summed E-state index contributed by atoms with van der Waals surface area (Å²) >= 11 is 0. The zero-order valence-electron chi connectivity index (χ0n) is 13.4. The Kier molecular flexibility index (Phi) is 5.81. The number of ether oxygens (including phenoxy) is 1. The predicted molar refractivity (Wildman–Crippen MR) is 87.4 cm³/mol. The second-order valence-corrected chi connectivity index (χ2v) is 5.52. The van der Waals surface area contributed by atoms with Gasteiger partial charge in [0.05, 0.1) is 5.69 Å². The molecule has 0 saturated heterocycles. The zero-order chi connectivity index (χ0) is 15.9. The SMILES string of the molecule is CCCCCN1C(=O)COc2ccc(NC(=O)CCC)cc21. The van der Waals surface area contributed by atoms with Crippen LogP contribution in [0.25, 0.3) is 0 Å². The summed E-state index contributed by atoms with van der Waals surface area (Å²) in [5.74, 6) is 0.660. The molecule has 1 aliphatic rings. The van der Waals surface area contributed by atoms with Gasteiger partial charge >= 0.3 is 0 Å². The van der Waals surface area contributed by atoms with E-state index in [2.05, 4.69) is 12.2 Å². The molecule has 22 heavy (non-hydrogen) atoms. The molecule has 0 unspecified atom stereocenters. The molecule has 2 rings (SSSR count). The van der Waals surface area contributed by atoms with Crippen LogP contribution < -0.4 is 15.0 Å². The van der Waals surface area contributed by atoms with Gasteiger partial charge in [-0.3, -0.25) is 9.59 Å². The maximum atomic E-state index is 12.1. The molecular weight excluding hydrogens is 280 g/mol. The lowest BCUT2D eigenvalue weighted by atomic mass is 10.1. The molecule has 0 aliphatic carbocycles. The fourth-order valence-electron chi connectivity index (χ4n) is 2.50. The largest absolute Gasteiger partial charge is 0.482 e. The number of benzene rings is 1. The van der Waals surface area contributed by atoms with E-state index in [9.17, 15) is 9.59 Å². The highest BCUT2D eigenvalue weighted by Gasteiger charge is 2.25. The third-order valence-corrected chi connectivity index (χ3v) is 3.65. The van der Waals surface area contributed by atoms with Crippen LogP contribution in [0.3, 0.4) is 0 Å². The molecule has 1 aromatic carbocycles. The highest BCUT2D eigenvalue weighted by molar-refractivity contribution is 5.99. The second kappa shape index (κ2) is 7.82. The van der Waals surface area contributed by atoms with Crippen molar-refractivity contribution in [3.8, 4) is 5.75 Å². The smallest absolute Gasteiger partial charge is 0.265 e. The van der Waals surface area contributed by atoms with E-state index >= 15 is 0 Å². The summed E-state index contributed by atoms with van der Waals surface area (Å²) in [5, 5.41) is 2.86. The molecular formula is C17H24N2O3. The second-order valence-electron chi connectivity index (χ2n) is 5.52. The van der Waals surface area contributed by atoms with E-state index in [0.717, 1.165) is 31.4 Å². The number of carbonyl (C=O) groups excluding carboxylic acids is 2. The van der Waals surface area contributed by atoms with E-state index in [1.165, 1.54) is 0 Å². The van der Waals surface area contributed by atoms with Crippen molar-refractivity contribution >= 4 is 23.2 Å². The summed E-state index contributed by atoms with van der Waals surface area (Å²) in [6.07, 6.45) is 4.47. The molecule has 5 heteroatoms. The van der Waals surface area contributed by atoms with Gasteiger partial charge in [-0.2, -0.15) is 0 Å². The standard InChI is InChI=1S/C17H24N2O3/c1-3-5-6-10-19-14-11-13(18-16(20)7-4-2)8-9-15(14)22-12-17(19)21/h8-9,11H,3-7,10,12H2,1-2H3,(H,18,20). The van der Waals surface area contributed by atoms with Crippen LogP contribution >= 0.6 is 0 Å². The lowest BCUT2D eigenvalue weighted by Crippen LogP contribution is -2.39. The number of nitrogens with zero attached hydrogens (tertiary/aromatic N) is 1. The van der Waals surface area contributed by atoms with Crippen molar-refractivity contribution in [3.63, 3.8) is 0 Å². The van der Waals surface area contributed by atoms with E-state index in [1.54, 1.807) is 4.90 Å². The van der Waals surface area contributed by atoms with Crippen LogP contribution in [-0.4, -0.2) is 25.0 Å². The van der Waals surface area contributed by atoms with E-state index in [-0.39, 0.29) is 18.4 Å². The summed E-state index contributed by atoms with van der Waals surface area (Å²) < 4.78 is 5.48. The van der Waals surface area contributed by atoms with Crippen molar-refractivity contribution in [1.82, 2.24) is 0 Å². The molecule has 0 saturated carbocycles. The van der Waals surface area contributed by atoms with Gasteiger partial charge < -0.3 is 15.0 Å². The summed E-state index contributed by atoms with van der Waals surface area (Å²) in [7, 11) is 0. The molecule has 1 N–H and O–H groups in total. The van der Waals surface area contributed by atoms with Gasteiger partial charge in [-0.15, -0.1) is 0 Å². The number of amides is 2. The molecule has 2 amide bonds. The topological polar surface area (TPSA) is 58.6 Å². The van der Waals surface area contributed by atoms with Gasteiger partial charge in [-0.1, -0.05) is 26.7 Å². The minimum atomic E-state index is -0.0272. The first-order valence-electron chi connectivity index (χ1n) is 8.02. The molecule has 0 radical (unpaired) electrons. The fourth-order valence-corrected chi connectivity index (χ4v) is 2.50. The normalized spacial score (nSPS) is 13.5. The number of anilines is 2. The molecule has 1 heterocycles. The average Bonchev–Trinajstić information content (AvgIpc) is 2.50.